The molecule has 0 aliphatic carbocycles. The second-order valence-corrected chi connectivity index (χ2v) is 5.41. The fourth-order valence-corrected chi connectivity index (χ4v) is 1.73. The Morgan fingerprint density at radius 2 is 1.00 bits per heavy atom. The molecule has 0 spiro atoms. The lowest BCUT2D eigenvalue weighted by Gasteiger charge is -2.32. The first-order valence-corrected chi connectivity index (χ1v) is 7.69. The molecule has 21 heavy (non-hydrogen) atoms. The minimum Gasteiger partial charge on any atom is -0.377 e. The summed E-state index contributed by atoms with van der Waals surface area (Å²) in [6, 6.07) is 0. The molecule has 0 bridgehead atoms. The van der Waals surface area contributed by atoms with Gasteiger partial charge in [0.05, 0.1) is 77.8 Å². The highest BCUT2D eigenvalue weighted by Gasteiger charge is 2.27. The van der Waals surface area contributed by atoms with Gasteiger partial charge in [0.1, 0.15) is 0 Å². The van der Waals surface area contributed by atoms with Crippen LogP contribution in [0, 0.1) is 0 Å². The van der Waals surface area contributed by atoms with Crippen molar-refractivity contribution >= 4 is 0 Å². The second kappa shape index (κ2) is 11.3. The van der Waals surface area contributed by atoms with E-state index in [9.17, 15) is 0 Å². The fraction of sp³-hybridized carbons (Fsp3) is 1.00. The van der Waals surface area contributed by atoms with Gasteiger partial charge in [-0.05, 0) is 20.8 Å². The summed E-state index contributed by atoms with van der Waals surface area (Å²) >= 11 is 0. The smallest absolute Gasteiger partial charge is 0.0885 e. The molecule has 1 rings (SSSR count). The highest BCUT2D eigenvalue weighted by Crippen LogP contribution is 2.17. The van der Waals surface area contributed by atoms with Gasteiger partial charge in [0.25, 0.3) is 0 Å². The molecule has 1 heterocycles. The molecule has 0 amide bonds. The van der Waals surface area contributed by atoms with Crippen molar-refractivity contribution in [3.8, 4) is 0 Å². The number of rotatable bonds is 0. The summed E-state index contributed by atoms with van der Waals surface area (Å²) in [4.78, 5) is 0. The molecule has 6 heteroatoms. The molecular weight excluding hydrogens is 276 g/mol. The van der Waals surface area contributed by atoms with Gasteiger partial charge in [0.15, 0.2) is 0 Å². The third kappa shape index (κ3) is 9.39. The Balaban J connectivity index is 2.28. The molecule has 1 aliphatic heterocycles. The van der Waals surface area contributed by atoms with Crippen molar-refractivity contribution in [1.29, 1.82) is 0 Å². The van der Waals surface area contributed by atoms with E-state index in [-0.39, 0.29) is 11.7 Å². The molecule has 1 saturated heterocycles. The molecule has 126 valence electrons. The van der Waals surface area contributed by atoms with Crippen molar-refractivity contribution in [2.24, 2.45) is 0 Å². The molecule has 1 unspecified atom stereocenters. The molecule has 0 aromatic rings. The first-order chi connectivity index (χ1) is 10.1. The Labute approximate surface area is 128 Å². The van der Waals surface area contributed by atoms with E-state index in [0.29, 0.717) is 66.1 Å². The zero-order valence-electron chi connectivity index (χ0n) is 13.6. The monoisotopic (exact) mass is 306 g/mol. The van der Waals surface area contributed by atoms with E-state index in [4.69, 9.17) is 28.4 Å². The molecule has 0 aromatic heterocycles. The molecule has 0 saturated carbocycles. The van der Waals surface area contributed by atoms with Crippen LogP contribution in [-0.4, -0.2) is 77.8 Å². The average Bonchev–Trinajstić information content (AvgIpc) is 2.45. The molecule has 1 aliphatic rings. The lowest BCUT2D eigenvalue weighted by molar-refractivity contribution is -0.136. The maximum atomic E-state index is 5.84. The van der Waals surface area contributed by atoms with E-state index in [0.717, 1.165) is 0 Å². The zero-order valence-corrected chi connectivity index (χ0v) is 13.6. The van der Waals surface area contributed by atoms with Crippen molar-refractivity contribution in [2.75, 3.05) is 66.1 Å². The normalized spacial score (nSPS) is 28.4. The van der Waals surface area contributed by atoms with Crippen molar-refractivity contribution < 1.29 is 28.4 Å². The highest BCUT2D eigenvalue weighted by atomic mass is 16.6. The Bertz CT molecular complexity index is 246. The van der Waals surface area contributed by atoms with Gasteiger partial charge in [-0.25, -0.2) is 0 Å². The van der Waals surface area contributed by atoms with Gasteiger partial charge < -0.3 is 28.4 Å². The predicted octanol–water partition coefficient (Wildman–Crippen LogP) is 1.27. The van der Waals surface area contributed by atoms with Gasteiger partial charge in [-0.3, -0.25) is 0 Å². The Morgan fingerprint density at radius 3 is 1.48 bits per heavy atom. The van der Waals surface area contributed by atoms with E-state index >= 15 is 0 Å². The van der Waals surface area contributed by atoms with Gasteiger partial charge in [0, 0.05) is 0 Å². The van der Waals surface area contributed by atoms with Crippen LogP contribution in [0.15, 0.2) is 0 Å². The summed E-state index contributed by atoms with van der Waals surface area (Å²) in [5.74, 6) is 0. The van der Waals surface area contributed by atoms with Crippen LogP contribution in [-0.2, 0) is 28.4 Å². The van der Waals surface area contributed by atoms with Gasteiger partial charge in [0.2, 0.25) is 0 Å². The predicted molar refractivity (Wildman–Crippen MR) is 78.7 cm³/mol. The first kappa shape index (κ1) is 18.8. The number of ether oxygens (including phenoxy) is 6. The van der Waals surface area contributed by atoms with Gasteiger partial charge in [-0.2, -0.15) is 0 Å². The minimum atomic E-state index is -0.353. The SMILES string of the molecule is CC1OCCOCCOCCOCCOCCOC1(C)C. The third-order valence-corrected chi connectivity index (χ3v) is 3.39. The van der Waals surface area contributed by atoms with Crippen molar-refractivity contribution in [3.63, 3.8) is 0 Å². The van der Waals surface area contributed by atoms with Crippen LogP contribution in [0.4, 0.5) is 0 Å². The largest absolute Gasteiger partial charge is 0.377 e. The summed E-state index contributed by atoms with van der Waals surface area (Å²) in [6.07, 6.45) is -0.0143. The standard InChI is InChI=1S/C15H30O6/c1-14-15(2,3)21-13-11-19-9-7-17-5-4-16-6-8-18-10-12-20-14/h14H,4-13H2,1-3H3. The molecule has 0 aromatic carbocycles. The number of hydrogen-bond donors (Lipinski definition) is 0. The summed E-state index contributed by atoms with van der Waals surface area (Å²) in [6.45, 7) is 11.7. The zero-order chi connectivity index (χ0) is 15.4. The molecule has 1 fully saturated rings. The van der Waals surface area contributed by atoms with Crippen LogP contribution >= 0.6 is 0 Å². The minimum absolute atomic E-state index is 0.0143. The van der Waals surface area contributed by atoms with Gasteiger partial charge >= 0.3 is 0 Å². The Morgan fingerprint density at radius 1 is 0.619 bits per heavy atom. The summed E-state index contributed by atoms with van der Waals surface area (Å²) < 4.78 is 33.3. The third-order valence-electron chi connectivity index (χ3n) is 3.39. The molecule has 1 atom stereocenters. The topological polar surface area (TPSA) is 55.4 Å². The van der Waals surface area contributed by atoms with Crippen molar-refractivity contribution in [3.05, 3.63) is 0 Å². The van der Waals surface area contributed by atoms with Crippen LogP contribution in [0.1, 0.15) is 20.8 Å². The van der Waals surface area contributed by atoms with E-state index in [2.05, 4.69) is 0 Å². The van der Waals surface area contributed by atoms with E-state index in [1.807, 2.05) is 20.8 Å². The average molecular weight is 306 g/mol. The first-order valence-electron chi connectivity index (χ1n) is 7.69. The van der Waals surface area contributed by atoms with Crippen LogP contribution in [0.3, 0.4) is 0 Å². The lowest BCUT2D eigenvalue weighted by Crippen LogP contribution is -2.40. The van der Waals surface area contributed by atoms with Crippen LogP contribution < -0.4 is 0 Å². The summed E-state index contributed by atoms with van der Waals surface area (Å²) in [5, 5.41) is 0. The van der Waals surface area contributed by atoms with E-state index in [1.165, 1.54) is 0 Å². The maximum Gasteiger partial charge on any atom is 0.0885 e. The fourth-order valence-electron chi connectivity index (χ4n) is 1.73. The number of hydrogen-bond acceptors (Lipinski definition) is 6. The van der Waals surface area contributed by atoms with Gasteiger partial charge in [-0.15, -0.1) is 0 Å². The maximum absolute atomic E-state index is 5.84. The summed E-state index contributed by atoms with van der Waals surface area (Å²) in [5.41, 5.74) is -0.353. The lowest BCUT2D eigenvalue weighted by atomic mass is 10.0. The Hall–Kier alpha value is -0.240. The molecule has 6 nitrogen and oxygen atoms in total. The quantitative estimate of drug-likeness (QED) is 0.672. The summed E-state index contributed by atoms with van der Waals surface area (Å²) in [7, 11) is 0. The molecular formula is C15H30O6. The second-order valence-electron chi connectivity index (χ2n) is 5.41. The van der Waals surface area contributed by atoms with E-state index < -0.39 is 0 Å². The van der Waals surface area contributed by atoms with Crippen LogP contribution in [0.2, 0.25) is 0 Å². The van der Waals surface area contributed by atoms with Gasteiger partial charge in [-0.1, -0.05) is 0 Å². The highest BCUT2D eigenvalue weighted by molar-refractivity contribution is 4.76. The van der Waals surface area contributed by atoms with Crippen LogP contribution in [0.25, 0.3) is 0 Å². The Kier molecular flexibility index (Phi) is 10.2. The van der Waals surface area contributed by atoms with Crippen molar-refractivity contribution in [2.45, 2.75) is 32.5 Å². The molecule has 0 N–H and O–H groups in total. The molecule has 0 radical (unpaired) electrons. The van der Waals surface area contributed by atoms with Crippen LogP contribution in [0.5, 0.6) is 0 Å². The van der Waals surface area contributed by atoms with Crippen molar-refractivity contribution in [1.82, 2.24) is 0 Å². The van der Waals surface area contributed by atoms with E-state index in [1.54, 1.807) is 0 Å².